The number of carbonyl (C=O) groups is 3. The summed E-state index contributed by atoms with van der Waals surface area (Å²) in [5.41, 5.74) is 4.88. The smallest absolute Gasteiger partial charge is 0.257 e. The first kappa shape index (κ1) is 25.6. The number of aryl methyl sites for hydroxylation is 3. The third-order valence-electron chi connectivity index (χ3n) is 5.32. The first-order valence-corrected chi connectivity index (χ1v) is 11.1. The van der Waals surface area contributed by atoms with Crippen LogP contribution in [0.5, 0.6) is 0 Å². The van der Waals surface area contributed by atoms with Gasteiger partial charge in [-0.3, -0.25) is 19.3 Å². The number of hydrogen-bond donors (Lipinski definition) is 3. The first-order chi connectivity index (χ1) is 16.6. The van der Waals surface area contributed by atoms with Crippen LogP contribution in [0, 0.1) is 26.6 Å². The van der Waals surface area contributed by atoms with Gasteiger partial charge in [0.15, 0.2) is 0 Å². The zero-order chi connectivity index (χ0) is 25.5. The molecule has 8 heteroatoms. The molecule has 0 bridgehead atoms. The number of rotatable bonds is 8. The molecule has 0 saturated carbocycles. The van der Waals surface area contributed by atoms with Crippen molar-refractivity contribution in [2.75, 3.05) is 36.1 Å². The number of hydrogen-bond acceptors (Lipinski definition) is 4. The summed E-state index contributed by atoms with van der Waals surface area (Å²) in [6.07, 6.45) is 0. The molecule has 3 rings (SSSR count). The summed E-state index contributed by atoms with van der Waals surface area (Å²) in [5.74, 6) is -1.44. The monoisotopic (exact) mass is 476 g/mol. The van der Waals surface area contributed by atoms with Crippen molar-refractivity contribution in [3.05, 3.63) is 88.7 Å². The second-order valence-corrected chi connectivity index (χ2v) is 8.55. The summed E-state index contributed by atoms with van der Waals surface area (Å²) in [4.78, 5) is 39.4. The standard InChI is InChI=1S/C27H29FN4O3/c1-17-13-18(2)26(19(3)14-17)31-25(34)16-32(4)15-24(33)30-23-8-6-5-7-22(23)27(35)29-21-11-9-20(28)10-12-21/h5-14H,15-16H2,1-4H3,(H,29,35)(H,30,33)(H,31,34). The SMILES string of the molecule is Cc1cc(C)c(NC(=O)CN(C)CC(=O)Nc2ccccc2C(=O)Nc2ccc(F)cc2)c(C)c1. The molecule has 3 aromatic carbocycles. The fourth-order valence-electron chi connectivity index (χ4n) is 3.81. The summed E-state index contributed by atoms with van der Waals surface area (Å²) in [6.45, 7) is 5.86. The maximum Gasteiger partial charge on any atom is 0.257 e. The van der Waals surface area contributed by atoms with Crippen LogP contribution >= 0.6 is 0 Å². The Morgan fingerprint density at radius 3 is 2.00 bits per heavy atom. The normalized spacial score (nSPS) is 10.7. The lowest BCUT2D eigenvalue weighted by Crippen LogP contribution is -2.36. The van der Waals surface area contributed by atoms with Crippen LogP contribution in [0.3, 0.4) is 0 Å². The Labute approximate surface area is 204 Å². The molecule has 3 N–H and O–H groups in total. The minimum absolute atomic E-state index is 0.0207. The van der Waals surface area contributed by atoms with Crippen molar-refractivity contribution in [2.24, 2.45) is 0 Å². The Kier molecular flexibility index (Phi) is 8.33. The average Bonchev–Trinajstić information content (AvgIpc) is 2.78. The van der Waals surface area contributed by atoms with Crippen LogP contribution in [0.15, 0.2) is 60.7 Å². The number of carbonyl (C=O) groups excluding carboxylic acids is 3. The molecule has 0 saturated heterocycles. The predicted molar refractivity (Wildman–Crippen MR) is 136 cm³/mol. The van der Waals surface area contributed by atoms with E-state index in [9.17, 15) is 18.8 Å². The van der Waals surface area contributed by atoms with Crippen LogP contribution < -0.4 is 16.0 Å². The highest BCUT2D eigenvalue weighted by Crippen LogP contribution is 2.22. The molecule has 0 atom stereocenters. The maximum absolute atomic E-state index is 13.1. The third-order valence-corrected chi connectivity index (χ3v) is 5.32. The zero-order valence-electron chi connectivity index (χ0n) is 20.2. The van der Waals surface area contributed by atoms with E-state index < -0.39 is 11.7 Å². The van der Waals surface area contributed by atoms with E-state index in [1.54, 1.807) is 36.2 Å². The number of nitrogens with one attached hydrogen (secondary N) is 3. The van der Waals surface area contributed by atoms with Crippen molar-refractivity contribution in [1.29, 1.82) is 0 Å². The molecule has 0 fully saturated rings. The highest BCUT2D eigenvalue weighted by atomic mass is 19.1. The minimum atomic E-state index is -0.441. The molecule has 0 aliphatic carbocycles. The molecule has 0 heterocycles. The summed E-state index contributed by atoms with van der Waals surface area (Å²) < 4.78 is 13.1. The Morgan fingerprint density at radius 2 is 1.37 bits per heavy atom. The van der Waals surface area contributed by atoms with Gasteiger partial charge in [0.2, 0.25) is 11.8 Å². The van der Waals surface area contributed by atoms with Crippen LogP contribution in [-0.2, 0) is 9.59 Å². The van der Waals surface area contributed by atoms with Crippen molar-refractivity contribution in [3.8, 4) is 0 Å². The molecular formula is C27H29FN4O3. The van der Waals surface area contributed by atoms with Gasteiger partial charge in [0.1, 0.15) is 5.82 Å². The molecule has 0 unspecified atom stereocenters. The van der Waals surface area contributed by atoms with Crippen LogP contribution in [0.1, 0.15) is 27.0 Å². The van der Waals surface area contributed by atoms with Gasteiger partial charge in [0.25, 0.3) is 5.91 Å². The number of anilines is 3. The highest BCUT2D eigenvalue weighted by Gasteiger charge is 2.16. The van der Waals surface area contributed by atoms with Crippen LogP contribution in [-0.4, -0.2) is 42.8 Å². The second kappa shape index (κ2) is 11.4. The lowest BCUT2D eigenvalue weighted by atomic mass is 10.1. The van der Waals surface area contributed by atoms with E-state index in [0.717, 1.165) is 22.4 Å². The number of nitrogens with zero attached hydrogens (tertiary/aromatic N) is 1. The van der Waals surface area contributed by atoms with E-state index >= 15 is 0 Å². The fourth-order valence-corrected chi connectivity index (χ4v) is 3.81. The summed E-state index contributed by atoms with van der Waals surface area (Å²) in [6, 6.07) is 16.0. The molecule has 0 spiro atoms. The van der Waals surface area contributed by atoms with Gasteiger partial charge >= 0.3 is 0 Å². The topological polar surface area (TPSA) is 90.5 Å². The molecule has 3 aromatic rings. The number of amides is 3. The van der Waals surface area contributed by atoms with Crippen LogP contribution in [0.2, 0.25) is 0 Å². The van der Waals surface area contributed by atoms with Gasteiger partial charge in [-0.2, -0.15) is 0 Å². The summed E-state index contributed by atoms with van der Waals surface area (Å²) in [7, 11) is 1.67. The van der Waals surface area contributed by atoms with Crippen molar-refractivity contribution >= 4 is 34.8 Å². The molecule has 3 amide bonds. The van der Waals surface area contributed by atoms with E-state index in [1.807, 2.05) is 32.9 Å². The lowest BCUT2D eigenvalue weighted by Gasteiger charge is -2.18. The second-order valence-electron chi connectivity index (χ2n) is 8.55. The quantitative estimate of drug-likeness (QED) is 0.446. The molecule has 0 aromatic heterocycles. The Balaban J connectivity index is 1.58. The zero-order valence-corrected chi connectivity index (χ0v) is 20.2. The van der Waals surface area contributed by atoms with Crippen LogP contribution in [0.25, 0.3) is 0 Å². The Morgan fingerprint density at radius 1 is 0.800 bits per heavy atom. The molecule has 0 aliphatic rings. The number of halogens is 1. The lowest BCUT2D eigenvalue weighted by molar-refractivity contribution is -0.119. The molecule has 0 radical (unpaired) electrons. The molecule has 182 valence electrons. The van der Waals surface area contributed by atoms with E-state index in [0.29, 0.717) is 11.4 Å². The van der Waals surface area contributed by atoms with Crippen molar-refractivity contribution < 1.29 is 18.8 Å². The Hall–Kier alpha value is -4.04. The molecule has 7 nitrogen and oxygen atoms in total. The molecule has 0 aliphatic heterocycles. The number of para-hydroxylation sites is 1. The van der Waals surface area contributed by atoms with Gasteiger partial charge in [0, 0.05) is 11.4 Å². The van der Waals surface area contributed by atoms with Crippen molar-refractivity contribution in [3.63, 3.8) is 0 Å². The number of likely N-dealkylation sites (N-methyl/N-ethyl adjacent to an activating group) is 1. The van der Waals surface area contributed by atoms with Gasteiger partial charge in [0.05, 0.1) is 24.3 Å². The Bertz CT molecular complexity index is 1220. The summed E-state index contributed by atoms with van der Waals surface area (Å²) in [5, 5.41) is 8.33. The van der Waals surface area contributed by atoms with Gasteiger partial charge < -0.3 is 16.0 Å². The van der Waals surface area contributed by atoms with E-state index in [4.69, 9.17) is 0 Å². The maximum atomic E-state index is 13.1. The molecule has 35 heavy (non-hydrogen) atoms. The largest absolute Gasteiger partial charge is 0.324 e. The van der Waals surface area contributed by atoms with Crippen LogP contribution in [0.4, 0.5) is 21.5 Å². The average molecular weight is 477 g/mol. The first-order valence-electron chi connectivity index (χ1n) is 11.1. The predicted octanol–water partition coefficient (Wildman–Crippen LogP) is 4.51. The van der Waals surface area contributed by atoms with Gasteiger partial charge in [-0.15, -0.1) is 0 Å². The van der Waals surface area contributed by atoms with Crippen molar-refractivity contribution in [1.82, 2.24) is 4.90 Å². The van der Waals surface area contributed by atoms with Gasteiger partial charge in [-0.1, -0.05) is 29.8 Å². The highest BCUT2D eigenvalue weighted by molar-refractivity contribution is 6.10. The van der Waals surface area contributed by atoms with E-state index in [1.165, 1.54) is 24.3 Å². The van der Waals surface area contributed by atoms with E-state index in [-0.39, 0.29) is 30.5 Å². The van der Waals surface area contributed by atoms with Gasteiger partial charge in [-0.05, 0) is 75.3 Å². The third kappa shape index (κ3) is 7.22. The number of benzene rings is 3. The van der Waals surface area contributed by atoms with E-state index in [2.05, 4.69) is 16.0 Å². The summed E-state index contributed by atoms with van der Waals surface area (Å²) >= 11 is 0. The van der Waals surface area contributed by atoms with Gasteiger partial charge in [-0.25, -0.2) is 4.39 Å². The fraction of sp³-hybridized carbons (Fsp3) is 0.222. The van der Waals surface area contributed by atoms with Crippen molar-refractivity contribution in [2.45, 2.75) is 20.8 Å². The molecular weight excluding hydrogens is 447 g/mol. The minimum Gasteiger partial charge on any atom is -0.324 e.